The van der Waals surface area contributed by atoms with Crippen LogP contribution in [0.5, 0.6) is 0 Å². The van der Waals surface area contributed by atoms with Gasteiger partial charge in [0, 0.05) is 17.1 Å². The molecule has 2 rings (SSSR count). The van der Waals surface area contributed by atoms with Crippen LogP contribution >= 0.6 is 15.9 Å². The van der Waals surface area contributed by atoms with Gasteiger partial charge in [-0.25, -0.2) is 4.79 Å². The van der Waals surface area contributed by atoms with Crippen molar-refractivity contribution in [3.63, 3.8) is 0 Å². The number of fused-ring (bicyclic) bond motifs is 1. The number of rotatable bonds is 0. The maximum Gasteiger partial charge on any atom is 0.336 e. The Labute approximate surface area is 82.3 Å². The van der Waals surface area contributed by atoms with E-state index in [0.717, 1.165) is 5.39 Å². The van der Waals surface area contributed by atoms with E-state index in [2.05, 4.69) is 15.9 Å². The molecule has 0 aliphatic rings. The van der Waals surface area contributed by atoms with Crippen LogP contribution in [-0.2, 0) is 0 Å². The summed E-state index contributed by atoms with van der Waals surface area (Å²) in [7, 11) is 0. The summed E-state index contributed by atoms with van der Waals surface area (Å²) in [4.78, 5) is 10.9. The van der Waals surface area contributed by atoms with Crippen LogP contribution in [0.1, 0.15) is 0 Å². The maximum absolute atomic E-state index is 10.9. The smallest absolute Gasteiger partial charge is 0.336 e. The van der Waals surface area contributed by atoms with Crippen molar-refractivity contribution in [3.05, 3.63) is 39.2 Å². The standard InChI is InChI=1S/C9H6BrNO2/c10-7-4-6(11)3-5-1-2-8(12)13-9(5)7/h1-4H,11H2. The van der Waals surface area contributed by atoms with Crippen LogP contribution in [0.4, 0.5) is 5.69 Å². The zero-order valence-electron chi connectivity index (χ0n) is 6.58. The highest BCUT2D eigenvalue weighted by atomic mass is 79.9. The number of nitrogens with two attached hydrogens (primary N) is 1. The fraction of sp³-hybridized carbons (Fsp3) is 0. The Morgan fingerprint density at radius 2 is 2.08 bits per heavy atom. The van der Waals surface area contributed by atoms with Crippen LogP contribution in [0.25, 0.3) is 11.0 Å². The van der Waals surface area contributed by atoms with Gasteiger partial charge in [-0.05, 0) is 34.1 Å². The Morgan fingerprint density at radius 1 is 1.31 bits per heavy atom. The van der Waals surface area contributed by atoms with Crippen LogP contribution in [0.2, 0.25) is 0 Å². The molecule has 2 aromatic rings. The molecule has 0 fully saturated rings. The maximum atomic E-state index is 10.9. The van der Waals surface area contributed by atoms with E-state index in [1.807, 2.05) is 0 Å². The van der Waals surface area contributed by atoms with Gasteiger partial charge in [-0.3, -0.25) is 0 Å². The summed E-state index contributed by atoms with van der Waals surface area (Å²) in [6.45, 7) is 0. The molecular formula is C9H6BrNO2. The van der Waals surface area contributed by atoms with Gasteiger partial charge in [0.25, 0.3) is 0 Å². The van der Waals surface area contributed by atoms with Gasteiger partial charge in [0.1, 0.15) is 0 Å². The first-order valence-corrected chi connectivity index (χ1v) is 4.45. The van der Waals surface area contributed by atoms with Crippen molar-refractivity contribution in [1.82, 2.24) is 0 Å². The Hall–Kier alpha value is -1.29. The summed E-state index contributed by atoms with van der Waals surface area (Å²) in [6, 6.07) is 6.50. The van der Waals surface area contributed by atoms with E-state index in [0.29, 0.717) is 15.7 Å². The highest BCUT2D eigenvalue weighted by Gasteiger charge is 2.02. The summed E-state index contributed by atoms with van der Waals surface area (Å²) in [5.41, 5.74) is 6.41. The molecule has 0 saturated carbocycles. The van der Waals surface area contributed by atoms with Crippen molar-refractivity contribution < 1.29 is 4.42 Å². The Bertz CT molecular complexity index is 518. The predicted octanol–water partition coefficient (Wildman–Crippen LogP) is 2.14. The SMILES string of the molecule is Nc1cc(Br)c2oc(=O)ccc2c1. The largest absolute Gasteiger partial charge is 0.422 e. The number of halogens is 1. The second kappa shape index (κ2) is 2.88. The summed E-state index contributed by atoms with van der Waals surface area (Å²) in [5, 5.41) is 0.812. The molecule has 13 heavy (non-hydrogen) atoms. The molecule has 0 aliphatic heterocycles. The van der Waals surface area contributed by atoms with Crippen LogP contribution in [0, 0.1) is 0 Å². The molecule has 0 saturated heterocycles. The Morgan fingerprint density at radius 3 is 2.85 bits per heavy atom. The lowest BCUT2D eigenvalue weighted by Gasteiger charge is -1.99. The number of hydrogen-bond acceptors (Lipinski definition) is 3. The predicted molar refractivity (Wildman–Crippen MR) is 54.6 cm³/mol. The molecular weight excluding hydrogens is 234 g/mol. The minimum absolute atomic E-state index is 0.363. The first-order valence-electron chi connectivity index (χ1n) is 3.66. The molecule has 0 radical (unpaired) electrons. The van der Waals surface area contributed by atoms with E-state index >= 15 is 0 Å². The van der Waals surface area contributed by atoms with E-state index in [1.54, 1.807) is 18.2 Å². The van der Waals surface area contributed by atoms with Crippen LogP contribution < -0.4 is 11.4 Å². The van der Waals surface area contributed by atoms with Crippen LogP contribution in [-0.4, -0.2) is 0 Å². The minimum Gasteiger partial charge on any atom is -0.422 e. The number of benzene rings is 1. The van der Waals surface area contributed by atoms with Gasteiger partial charge in [-0.1, -0.05) is 0 Å². The van der Waals surface area contributed by atoms with Crippen molar-refractivity contribution in [1.29, 1.82) is 0 Å². The molecule has 1 aromatic heterocycles. The number of nitrogen functional groups attached to an aromatic ring is 1. The van der Waals surface area contributed by atoms with Gasteiger partial charge in [0.15, 0.2) is 5.58 Å². The minimum atomic E-state index is -0.363. The molecule has 0 aliphatic carbocycles. The van der Waals surface area contributed by atoms with Gasteiger partial charge in [-0.2, -0.15) is 0 Å². The van der Waals surface area contributed by atoms with Gasteiger partial charge in [0.05, 0.1) is 4.47 Å². The zero-order chi connectivity index (χ0) is 9.42. The van der Waals surface area contributed by atoms with E-state index in [1.165, 1.54) is 6.07 Å². The lowest BCUT2D eigenvalue weighted by molar-refractivity contribution is 0.559. The average Bonchev–Trinajstić information content (AvgIpc) is 2.06. The van der Waals surface area contributed by atoms with E-state index in [-0.39, 0.29) is 5.63 Å². The summed E-state index contributed by atoms with van der Waals surface area (Å²) in [6.07, 6.45) is 0. The third kappa shape index (κ3) is 1.45. The molecule has 1 heterocycles. The van der Waals surface area contributed by atoms with Gasteiger partial charge in [-0.15, -0.1) is 0 Å². The Kier molecular flexibility index (Phi) is 1.84. The fourth-order valence-electron chi connectivity index (χ4n) is 1.16. The topological polar surface area (TPSA) is 56.2 Å². The van der Waals surface area contributed by atoms with E-state index < -0.39 is 0 Å². The molecule has 0 amide bonds. The third-order valence-corrected chi connectivity index (χ3v) is 2.29. The monoisotopic (exact) mass is 239 g/mol. The molecule has 2 N–H and O–H groups in total. The summed E-state index contributed by atoms with van der Waals surface area (Å²) >= 11 is 3.27. The quantitative estimate of drug-likeness (QED) is 0.566. The first kappa shape index (κ1) is 8.31. The van der Waals surface area contributed by atoms with Crippen molar-refractivity contribution in [2.24, 2.45) is 0 Å². The molecule has 0 bridgehead atoms. The third-order valence-electron chi connectivity index (χ3n) is 1.70. The van der Waals surface area contributed by atoms with Crippen molar-refractivity contribution in [2.75, 3.05) is 5.73 Å². The van der Waals surface area contributed by atoms with E-state index in [9.17, 15) is 4.79 Å². The van der Waals surface area contributed by atoms with Gasteiger partial charge in [0.2, 0.25) is 0 Å². The zero-order valence-corrected chi connectivity index (χ0v) is 8.17. The molecule has 0 atom stereocenters. The highest BCUT2D eigenvalue weighted by molar-refractivity contribution is 9.10. The van der Waals surface area contributed by atoms with Crippen molar-refractivity contribution in [2.45, 2.75) is 0 Å². The molecule has 66 valence electrons. The van der Waals surface area contributed by atoms with Crippen LogP contribution in [0.3, 0.4) is 0 Å². The second-order valence-electron chi connectivity index (χ2n) is 2.68. The summed E-state index contributed by atoms with van der Waals surface area (Å²) < 4.78 is 5.68. The van der Waals surface area contributed by atoms with Gasteiger partial charge >= 0.3 is 5.63 Å². The second-order valence-corrected chi connectivity index (χ2v) is 3.53. The molecule has 3 nitrogen and oxygen atoms in total. The lowest BCUT2D eigenvalue weighted by atomic mass is 10.2. The van der Waals surface area contributed by atoms with Gasteiger partial charge < -0.3 is 10.2 Å². The molecule has 0 spiro atoms. The van der Waals surface area contributed by atoms with E-state index in [4.69, 9.17) is 10.2 Å². The first-order chi connectivity index (χ1) is 6.16. The number of anilines is 1. The fourth-order valence-corrected chi connectivity index (χ4v) is 1.73. The van der Waals surface area contributed by atoms with Crippen molar-refractivity contribution >= 4 is 32.6 Å². The van der Waals surface area contributed by atoms with Crippen molar-refractivity contribution in [3.8, 4) is 0 Å². The molecule has 0 unspecified atom stereocenters. The highest BCUT2D eigenvalue weighted by Crippen LogP contribution is 2.25. The normalized spacial score (nSPS) is 10.5. The lowest BCUT2D eigenvalue weighted by Crippen LogP contribution is -1.95. The Balaban J connectivity index is 2.95. The summed E-state index contributed by atoms with van der Waals surface area (Å²) in [5.74, 6) is 0. The van der Waals surface area contributed by atoms with Crippen LogP contribution in [0.15, 0.2) is 37.9 Å². The molecule has 1 aromatic carbocycles. The molecule has 4 heteroatoms. The average molecular weight is 240 g/mol. The number of hydrogen-bond donors (Lipinski definition) is 1.